The van der Waals surface area contributed by atoms with E-state index in [9.17, 15) is 4.79 Å². The molecule has 3 rings (SSSR count). The van der Waals surface area contributed by atoms with Gasteiger partial charge in [0.2, 0.25) is 0 Å². The Morgan fingerprint density at radius 1 is 1.20 bits per heavy atom. The highest BCUT2D eigenvalue weighted by Crippen LogP contribution is 2.17. The van der Waals surface area contributed by atoms with Gasteiger partial charge >= 0.3 is 0 Å². The summed E-state index contributed by atoms with van der Waals surface area (Å²) in [4.78, 5) is 19.1. The Balaban J connectivity index is 1.57. The highest BCUT2D eigenvalue weighted by atomic mass is 32.2. The first-order chi connectivity index (χ1) is 12.0. The predicted octanol–water partition coefficient (Wildman–Crippen LogP) is 3.29. The van der Waals surface area contributed by atoms with Crippen molar-refractivity contribution in [3.63, 3.8) is 0 Å². The van der Waals surface area contributed by atoms with Crippen molar-refractivity contribution >= 4 is 22.7 Å². The zero-order valence-electron chi connectivity index (χ0n) is 14.9. The van der Waals surface area contributed by atoms with Gasteiger partial charge in [-0.15, -0.1) is 0 Å². The summed E-state index contributed by atoms with van der Waals surface area (Å²) in [6, 6.07) is 9.77. The van der Waals surface area contributed by atoms with E-state index < -0.39 is 0 Å². The molecule has 0 saturated heterocycles. The van der Waals surface area contributed by atoms with Crippen LogP contribution in [-0.4, -0.2) is 34.3 Å². The molecule has 0 amide bonds. The van der Waals surface area contributed by atoms with Crippen LogP contribution in [0, 0.1) is 6.92 Å². The van der Waals surface area contributed by atoms with E-state index in [1.807, 2.05) is 51.4 Å². The molecule has 3 aromatic rings. The molecule has 2 aromatic heterocycles. The van der Waals surface area contributed by atoms with Gasteiger partial charge < -0.3 is 9.32 Å². The van der Waals surface area contributed by atoms with E-state index in [-0.39, 0.29) is 5.56 Å². The third-order valence-corrected chi connectivity index (χ3v) is 4.93. The summed E-state index contributed by atoms with van der Waals surface area (Å²) in [7, 11) is 4.04. The smallest absolute Gasteiger partial charge is 0.261 e. The highest BCUT2D eigenvalue weighted by molar-refractivity contribution is 7.98. The van der Waals surface area contributed by atoms with Gasteiger partial charge in [0.15, 0.2) is 0 Å². The van der Waals surface area contributed by atoms with E-state index in [1.54, 1.807) is 22.7 Å². The van der Waals surface area contributed by atoms with Crippen LogP contribution < -0.4 is 5.56 Å². The molecular formula is C19H23N3O2S. The second-order valence-corrected chi connectivity index (χ2v) is 7.48. The first kappa shape index (κ1) is 17.8. The molecule has 6 heteroatoms. The minimum absolute atomic E-state index is 0.0283. The molecule has 0 atom stereocenters. The lowest BCUT2D eigenvalue weighted by Gasteiger charge is -2.07. The molecule has 1 aromatic carbocycles. The summed E-state index contributed by atoms with van der Waals surface area (Å²) in [5.41, 5.74) is 1.85. The van der Waals surface area contributed by atoms with Crippen molar-refractivity contribution < 1.29 is 4.42 Å². The number of fused-ring (bicyclic) bond motifs is 1. The molecule has 25 heavy (non-hydrogen) atoms. The Kier molecular flexibility index (Phi) is 5.60. The number of aromatic nitrogens is 2. The largest absolute Gasteiger partial charge is 0.464 e. The first-order valence-electron chi connectivity index (χ1n) is 8.29. The lowest BCUT2D eigenvalue weighted by molar-refractivity contribution is 0.344. The Morgan fingerprint density at radius 3 is 2.80 bits per heavy atom. The third-order valence-electron chi connectivity index (χ3n) is 3.97. The van der Waals surface area contributed by atoms with Crippen molar-refractivity contribution in [2.45, 2.75) is 25.8 Å². The Hall–Kier alpha value is -2.05. The van der Waals surface area contributed by atoms with Crippen LogP contribution in [0.15, 0.2) is 45.9 Å². The van der Waals surface area contributed by atoms with Gasteiger partial charge in [0.1, 0.15) is 11.5 Å². The first-order valence-corrected chi connectivity index (χ1v) is 9.45. The van der Waals surface area contributed by atoms with Gasteiger partial charge in [-0.3, -0.25) is 9.36 Å². The van der Waals surface area contributed by atoms with Crippen molar-refractivity contribution in [2.24, 2.45) is 0 Å². The molecule has 132 valence electrons. The molecular weight excluding hydrogens is 334 g/mol. The number of thioether (sulfide) groups is 1. The van der Waals surface area contributed by atoms with E-state index in [0.29, 0.717) is 11.9 Å². The van der Waals surface area contributed by atoms with Gasteiger partial charge in [0.05, 0.1) is 29.5 Å². The Bertz CT molecular complexity index is 914. The maximum atomic E-state index is 12.5. The highest BCUT2D eigenvalue weighted by Gasteiger charge is 2.07. The molecule has 0 radical (unpaired) electrons. The van der Waals surface area contributed by atoms with Gasteiger partial charge in [0.25, 0.3) is 5.56 Å². The summed E-state index contributed by atoms with van der Waals surface area (Å²) >= 11 is 1.76. The quantitative estimate of drug-likeness (QED) is 0.607. The molecule has 0 aliphatic heterocycles. The summed E-state index contributed by atoms with van der Waals surface area (Å²) < 4.78 is 7.49. The molecule has 0 saturated carbocycles. The van der Waals surface area contributed by atoms with E-state index >= 15 is 0 Å². The van der Waals surface area contributed by atoms with Gasteiger partial charge in [-0.05, 0) is 44.8 Å². The summed E-state index contributed by atoms with van der Waals surface area (Å²) in [6.07, 6.45) is 1.65. The molecule has 0 aliphatic carbocycles. The minimum atomic E-state index is 0.0283. The molecule has 0 fully saturated rings. The van der Waals surface area contributed by atoms with Crippen molar-refractivity contribution in [3.8, 4) is 0 Å². The molecule has 5 nitrogen and oxygen atoms in total. The minimum Gasteiger partial charge on any atom is -0.464 e. The summed E-state index contributed by atoms with van der Waals surface area (Å²) in [5.74, 6) is 3.60. The van der Waals surface area contributed by atoms with Gasteiger partial charge in [-0.25, -0.2) is 4.98 Å². The number of hydrogen-bond acceptors (Lipinski definition) is 5. The van der Waals surface area contributed by atoms with Crippen molar-refractivity contribution in [2.75, 3.05) is 19.8 Å². The van der Waals surface area contributed by atoms with Crippen LogP contribution in [0.4, 0.5) is 0 Å². The van der Waals surface area contributed by atoms with Crippen LogP contribution in [0.5, 0.6) is 0 Å². The van der Waals surface area contributed by atoms with Crippen LogP contribution in [0.25, 0.3) is 10.9 Å². The van der Waals surface area contributed by atoms with Crippen LogP contribution in [-0.2, 0) is 18.8 Å². The van der Waals surface area contributed by atoms with Crippen LogP contribution in [0.3, 0.4) is 0 Å². The number of benzene rings is 1. The molecule has 0 N–H and O–H groups in total. The lowest BCUT2D eigenvalue weighted by atomic mass is 10.1. The van der Waals surface area contributed by atoms with Crippen LogP contribution >= 0.6 is 11.8 Å². The molecule has 0 unspecified atom stereocenters. The van der Waals surface area contributed by atoms with Crippen molar-refractivity contribution in [3.05, 3.63) is 64.1 Å². The average molecular weight is 357 g/mol. The molecule has 0 spiro atoms. The van der Waals surface area contributed by atoms with Crippen molar-refractivity contribution in [1.82, 2.24) is 14.5 Å². The van der Waals surface area contributed by atoms with Gasteiger partial charge in [0, 0.05) is 12.3 Å². The van der Waals surface area contributed by atoms with E-state index in [2.05, 4.69) is 9.88 Å². The second-order valence-electron chi connectivity index (χ2n) is 6.37. The number of furan rings is 1. The standard InChI is InChI=1S/C19H23N3O2S/c1-14-5-4-6-17-18(14)20-13-22(19(17)23)9-10-25-12-16-8-7-15(24-16)11-21(2)3/h4-8,13H,9-12H2,1-3H3. The fourth-order valence-corrected chi connectivity index (χ4v) is 3.56. The number of nitrogens with zero attached hydrogens (tertiary/aromatic N) is 3. The molecule has 0 bridgehead atoms. The van der Waals surface area contributed by atoms with E-state index in [4.69, 9.17) is 4.42 Å². The normalized spacial score (nSPS) is 11.5. The summed E-state index contributed by atoms with van der Waals surface area (Å²) in [6.45, 7) is 3.43. The zero-order valence-corrected chi connectivity index (χ0v) is 15.7. The van der Waals surface area contributed by atoms with Gasteiger partial charge in [-0.2, -0.15) is 11.8 Å². The molecule has 2 heterocycles. The maximum absolute atomic E-state index is 12.5. The topological polar surface area (TPSA) is 51.3 Å². The van der Waals surface area contributed by atoms with E-state index in [1.165, 1.54) is 0 Å². The Morgan fingerprint density at radius 2 is 2.00 bits per heavy atom. The number of hydrogen-bond donors (Lipinski definition) is 0. The Labute approximate surface area is 151 Å². The fraction of sp³-hybridized carbons (Fsp3) is 0.368. The average Bonchev–Trinajstić information content (AvgIpc) is 3.00. The lowest BCUT2D eigenvalue weighted by Crippen LogP contribution is -2.21. The van der Waals surface area contributed by atoms with E-state index in [0.717, 1.165) is 40.7 Å². The van der Waals surface area contributed by atoms with Crippen molar-refractivity contribution in [1.29, 1.82) is 0 Å². The predicted molar refractivity (Wildman–Crippen MR) is 103 cm³/mol. The SMILES string of the molecule is Cc1cccc2c(=O)n(CCSCc3ccc(CN(C)C)o3)cnc12. The maximum Gasteiger partial charge on any atom is 0.261 e. The molecule has 0 aliphatic rings. The summed E-state index contributed by atoms with van der Waals surface area (Å²) in [5, 5.41) is 0.687. The van der Waals surface area contributed by atoms with Crippen LogP contribution in [0.1, 0.15) is 17.1 Å². The third kappa shape index (κ3) is 4.32. The number of para-hydroxylation sites is 1. The zero-order chi connectivity index (χ0) is 17.8. The second kappa shape index (κ2) is 7.89. The van der Waals surface area contributed by atoms with Gasteiger partial charge in [-0.1, -0.05) is 12.1 Å². The van der Waals surface area contributed by atoms with Crippen LogP contribution in [0.2, 0.25) is 0 Å². The number of rotatable bonds is 7. The fourth-order valence-electron chi connectivity index (χ4n) is 2.73. The number of aryl methyl sites for hydroxylation is 2. The monoisotopic (exact) mass is 357 g/mol.